The van der Waals surface area contributed by atoms with Crippen molar-refractivity contribution in [3.05, 3.63) is 60.3 Å². The second kappa shape index (κ2) is 4.40. The molecule has 1 radical (unpaired) electrons. The summed E-state index contributed by atoms with van der Waals surface area (Å²) in [6.45, 7) is 0. The van der Waals surface area contributed by atoms with Gasteiger partial charge in [-0.2, -0.15) is 13.2 Å². The standard InChI is InChI=1S/C16H11F3N/c1-20-10-14(13-7-2-3-8-15(13)20)11-5-4-6-12(9-11)16(17,18)19/h2,4-10H,1H3. The SMILES string of the molecule is Cn1cc(-c2cccc(C(F)(F)F)c2)c2cc[c]cc21. The topological polar surface area (TPSA) is 4.93 Å². The van der Waals surface area contributed by atoms with Gasteiger partial charge in [0.1, 0.15) is 0 Å². The molecule has 1 heterocycles. The Bertz CT molecular complexity index is 769. The lowest BCUT2D eigenvalue weighted by Crippen LogP contribution is -2.04. The van der Waals surface area contributed by atoms with E-state index in [4.69, 9.17) is 0 Å². The van der Waals surface area contributed by atoms with E-state index in [2.05, 4.69) is 6.07 Å². The fourth-order valence-electron chi connectivity index (χ4n) is 2.37. The maximum absolute atomic E-state index is 12.8. The van der Waals surface area contributed by atoms with E-state index in [1.54, 1.807) is 12.1 Å². The molecule has 0 saturated heterocycles. The number of rotatable bonds is 1. The van der Waals surface area contributed by atoms with Crippen LogP contribution in [0.25, 0.3) is 22.0 Å². The van der Waals surface area contributed by atoms with Crippen molar-refractivity contribution in [2.75, 3.05) is 0 Å². The van der Waals surface area contributed by atoms with Gasteiger partial charge in [-0.3, -0.25) is 0 Å². The number of halogens is 3. The summed E-state index contributed by atoms with van der Waals surface area (Å²) < 4.78 is 40.3. The van der Waals surface area contributed by atoms with Crippen LogP contribution in [0.3, 0.4) is 0 Å². The zero-order chi connectivity index (χ0) is 14.3. The van der Waals surface area contributed by atoms with Crippen molar-refractivity contribution in [1.29, 1.82) is 0 Å². The van der Waals surface area contributed by atoms with Crippen molar-refractivity contribution in [1.82, 2.24) is 4.57 Å². The van der Waals surface area contributed by atoms with Gasteiger partial charge in [0.05, 0.1) is 5.56 Å². The quantitative estimate of drug-likeness (QED) is 0.608. The van der Waals surface area contributed by atoms with Gasteiger partial charge in [0.25, 0.3) is 0 Å². The predicted molar refractivity (Wildman–Crippen MR) is 72.2 cm³/mol. The fourth-order valence-corrected chi connectivity index (χ4v) is 2.37. The normalized spacial score (nSPS) is 12.0. The Morgan fingerprint density at radius 3 is 2.70 bits per heavy atom. The molecule has 0 bridgehead atoms. The Kier molecular flexibility index (Phi) is 2.82. The number of benzene rings is 2. The molecule has 0 aliphatic carbocycles. The summed E-state index contributed by atoms with van der Waals surface area (Å²) >= 11 is 0. The van der Waals surface area contributed by atoms with Gasteiger partial charge in [0, 0.05) is 29.7 Å². The smallest absolute Gasteiger partial charge is 0.350 e. The van der Waals surface area contributed by atoms with Crippen LogP contribution in [-0.4, -0.2) is 4.57 Å². The van der Waals surface area contributed by atoms with Crippen molar-refractivity contribution in [3.63, 3.8) is 0 Å². The number of aryl methyl sites for hydroxylation is 1. The van der Waals surface area contributed by atoms with E-state index in [1.165, 1.54) is 12.1 Å². The monoisotopic (exact) mass is 274 g/mol. The maximum atomic E-state index is 12.8. The summed E-state index contributed by atoms with van der Waals surface area (Å²) in [5.74, 6) is 0. The second-order valence-electron chi connectivity index (χ2n) is 4.68. The molecule has 0 aliphatic heterocycles. The van der Waals surface area contributed by atoms with E-state index in [-0.39, 0.29) is 0 Å². The highest BCUT2D eigenvalue weighted by Crippen LogP contribution is 2.35. The number of aromatic nitrogens is 1. The van der Waals surface area contributed by atoms with Crippen molar-refractivity contribution in [2.24, 2.45) is 7.05 Å². The number of hydrogen-bond donors (Lipinski definition) is 0. The van der Waals surface area contributed by atoms with Crippen LogP contribution in [0.4, 0.5) is 13.2 Å². The molecule has 0 atom stereocenters. The van der Waals surface area contributed by atoms with E-state index in [1.807, 2.05) is 29.9 Å². The lowest BCUT2D eigenvalue weighted by Gasteiger charge is -2.08. The van der Waals surface area contributed by atoms with Crippen LogP contribution in [-0.2, 0) is 13.2 Å². The largest absolute Gasteiger partial charge is 0.416 e. The van der Waals surface area contributed by atoms with Gasteiger partial charge in [-0.05, 0) is 29.8 Å². The molecule has 20 heavy (non-hydrogen) atoms. The van der Waals surface area contributed by atoms with Gasteiger partial charge in [-0.15, -0.1) is 0 Å². The van der Waals surface area contributed by atoms with Crippen LogP contribution in [0.5, 0.6) is 0 Å². The molecular weight excluding hydrogens is 263 g/mol. The molecule has 1 aromatic heterocycles. The Labute approximate surface area is 114 Å². The number of fused-ring (bicyclic) bond motifs is 1. The first-order valence-corrected chi connectivity index (χ1v) is 6.09. The lowest BCUT2D eigenvalue weighted by atomic mass is 10.0. The molecule has 2 aromatic carbocycles. The highest BCUT2D eigenvalue weighted by molar-refractivity contribution is 5.96. The zero-order valence-corrected chi connectivity index (χ0v) is 10.7. The van der Waals surface area contributed by atoms with Crippen LogP contribution < -0.4 is 0 Å². The third kappa shape index (κ3) is 2.07. The molecule has 0 amide bonds. The number of alkyl halides is 3. The molecule has 0 spiro atoms. The first kappa shape index (κ1) is 12.8. The summed E-state index contributed by atoms with van der Waals surface area (Å²) in [5, 5.41) is 0.922. The molecule has 0 N–H and O–H groups in total. The number of nitrogens with zero attached hydrogens (tertiary/aromatic N) is 1. The Hall–Kier alpha value is -2.23. The molecular formula is C16H11F3N. The van der Waals surface area contributed by atoms with Crippen LogP contribution in [0.2, 0.25) is 0 Å². The molecule has 0 aliphatic rings. The van der Waals surface area contributed by atoms with Gasteiger partial charge in [-0.25, -0.2) is 0 Å². The minimum Gasteiger partial charge on any atom is -0.350 e. The third-order valence-corrected chi connectivity index (χ3v) is 3.34. The Balaban J connectivity index is 2.21. The minimum absolute atomic E-state index is 0.566. The van der Waals surface area contributed by atoms with E-state index in [0.717, 1.165) is 22.5 Å². The molecule has 1 nitrogen and oxygen atoms in total. The maximum Gasteiger partial charge on any atom is 0.416 e. The van der Waals surface area contributed by atoms with Crippen molar-refractivity contribution in [2.45, 2.75) is 6.18 Å². The number of hydrogen-bond acceptors (Lipinski definition) is 0. The molecule has 3 rings (SSSR count). The van der Waals surface area contributed by atoms with Crippen LogP contribution in [0, 0.1) is 6.07 Å². The predicted octanol–water partition coefficient (Wildman–Crippen LogP) is 4.66. The average molecular weight is 274 g/mol. The van der Waals surface area contributed by atoms with Gasteiger partial charge >= 0.3 is 6.18 Å². The molecule has 0 saturated carbocycles. The molecule has 4 heteroatoms. The molecule has 101 valence electrons. The fraction of sp³-hybridized carbons (Fsp3) is 0.125. The van der Waals surface area contributed by atoms with Crippen molar-refractivity contribution < 1.29 is 13.2 Å². The summed E-state index contributed by atoms with van der Waals surface area (Å²) in [5.41, 5.74) is 1.67. The van der Waals surface area contributed by atoms with Crippen LogP contribution in [0.1, 0.15) is 5.56 Å². The van der Waals surface area contributed by atoms with E-state index >= 15 is 0 Å². The van der Waals surface area contributed by atoms with E-state index in [0.29, 0.717) is 5.56 Å². The van der Waals surface area contributed by atoms with E-state index in [9.17, 15) is 13.2 Å². The minimum atomic E-state index is -4.33. The van der Waals surface area contributed by atoms with E-state index < -0.39 is 11.7 Å². The van der Waals surface area contributed by atoms with Crippen molar-refractivity contribution in [3.8, 4) is 11.1 Å². The summed E-state index contributed by atoms with van der Waals surface area (Å²) in [6.07, 6.45) is -2.48. The Morgan fingerprint density at radius 1 is 1.15 bits per heavy atom. The molecule has 0 unspecified atom stereocenters. The first-order chi connectivity index (χ1) is 9.47. The lowest BCUT2D eigenvalue weighted by molar-refractivity contribution is -0.137. The highest BCUT2D eigenvalue weighted by atomic mass is 19.4. The third-order valence-electron chi connectivity index (χ3n) is 3.34. The summed E-state index contributed by atoms with van der Waals surface area (Å²) in [4.78, 5) is 0. The van der Waals surface area contributed by atoms with Gasteiger partial charge in [0.2, 0.25) is 0 Å². The highest BCUT2D eigenvalue weighted by Gasteiger charge is 2.30. The van der Waals surface area contributed by atoms with Gasteiger partial charge < -0.3 is 4.57 Å². The summed E-state index contributed by atoms with van der Waals surface area (Å²) in [6, 6.07) is 13.8. The van der Waals surface area contributed by atoms with Crippen molar-refractivity contribution >= 4 is 10.9 Å². The summed E-state index contributed by atoms with van der Waals surface area (Å²) in [7, 11) is 1.87. The van der Waals surface area contributed by atoms with Crippen LogP contribution in [0.15, 0.2) is 48.7 Å². The Morgan fingerprint density at radius 2 is 1.95 bits per heavy atom. The first-order valence-electron chi connectivity index (χ1n) is 6.09. The average Bonchev–Trinajstić information content (AvgIpc) is 2.76. The molecule has 0 fully saturated rings. The molecule has 3 aromatic rings. The van der Waals surface area contributed by atoms with Crippen LogP contribution >= 0.6 is 0 Å². The van der Waals surface area contributed by atoms with Gasteiger partial charge in [-0.1, -0.05) is 24.3 Å². The van der Waals surface area contributed by atoms with Gasteiger partial charge in [0.15, 0.2) is 0 Å². The second-order valence-corrected chi connectivity index (χ2v) is 4.68. The zero-order valence-electron chi connectivity index (χ0n) is 10.7.